The van der Waals surface area contributed by atoms with Crippen LogP contribution in [0, 0.1) is 5.92 Å². The van der Waals surface area contributed by atoms with Gasteiger partial charge in [-0.05, 0) is 43.4 Å². The summed E-state index contributed by atoms with van der Waals surface area (Å²) in [5, 5.41) is 0. The van der Waals surface area contributed by atoms with Crippen LogP contribution in [-0.2, 0) is 4.74 Å². The number of hydrogen-bond donors (Lipinski definition) is 1. The lowest BCUT2D eigenvalue weighted by Gasteiger charge is -2.30. The van der Waals surface area contributed by atoms with E-state index in [1.54, 1.807) is 0 Å². The van der Waals surface area contributed by atoms with Crippen molar-refractivity contribution in [1.29, 1.82) is 0 Å². The Balaban J connectivity index is 1.54. The van der Waals surface area contributed by atoms with Crippen molar-refractivity contribution in [3.63, 3.8) is 0 Å². The van der Waals surface area contributed by atoms with Crippen molar-refractivity contribution in [2.24, 2.45) is 11.7 Å². The van der Waals surface area contributed by atoms with Crippen LogP contribution in [0.3, 0.4) is 0 Å². The Labute approximate surface area is 122 Å². The zero-order valence-corrected chi connectivity index (χ0v) is 12.6. The van der Waals surface area contributed by atoms with Crippen LogP contribution in [0.15, 0.2) is 28.7 Å². The van der Waals surface area contributed by atoms with Gasteiger partial charge in [0, 0.05) is 23.0 Å². The molecule has 3 nitrogen and oxygen atoms in total. The number of rotatable bonds is 5. The fraction of sp³-hybridized carbons (Fsp3) is 0.600. The molecule has 104 valence electrons. The van der Waals surface area contributed by atoms with E-state index in [2.05, 4.69) is 15.9 Å². The molecule has 4 heteroatoms. The molecule has 0 radical (unpaired) electrons. The van der Waals surface area contributed by atoms with Gasteiger partial charge in [0.1, 0.15) is 5.75 Å². The molecule has 1 saturated heterocycles. The molecule has 1 saturated carbocycles. The number of hydrogen-bond acceptors (Lipinski definition) is 3. The Morgan fingerprint density at radius 3 is 3.00 bits per heavy atom. The van der Waals surface area contributed by atoms with Gasteiger partial charge in [0.15, 0.2) is 0 Å². The summed E-state index contributed by atoms with van der Waals surface area (Å²) in [6.07, 6.45) is 4.61. The van der Waals surface area contributed by atoms with Crippen molar-refractivity contribution in [1.82, 2.24) is 0 Å². The SMILES string of the molecule is NC1(CCOc2cccc(Br)c2)CCOC1C1CC1. The Hall–Kier alpha value is -0.580. The quantitative estimate of drug-likeness (QED) is 0.904. The van der Waals surface area contributed by atoms with E-state index in [0.29, 0.717) is 12.5 Å². The van der Waals surface area contributed by atoms with Crippen LogP contribution in [0.25, 0.3) is 0 Å². The van der Waals surface area contributed by atoms with Gasteiger partial charge in [-0.3, -0.25) is 0 Å². The minimum absolute atomic E-state index is 0.187. The molecule has 2 aliphatic rings. The summed E-state index contributed by atoms with van der Waals surface area (Å²) in [4.78, 5) is 0. The first kappa shape index (κ1) is 13.4. The maximum absolute atomic E-state index is 6.52. The third kappa shape index (κ3) is 3.12. The standard InChI is InChI=1S/C15H20BrNO2/c16-12-2-1-3-13(10-12)18-8-6-15(17)7-9-19-14(15)11-4-5-11/h1-3,10-11,14H,4-9,17H2. The minimum atomic E-state index is -0.187. The first-order valence-corrected chi connectivity index (χ1v) is 7.75. The Morgan fingerprint density at radius 2 is 2.26 bits per heavy atom. The zero-order chi connectivity index (χ0) is 13.3. The van der Waals surface area contributed by atoms with E-state index in [1.807, 2.05) is 24.3 Å². The van der Waals surface area contributed by atoms with Crippen LogP contribution in [0.4, 0.5) is 0 Å². The second-order valence-electron chi connectivity index (χ2n) is 5.67. The zero-order valence-electron chi connectivity index (χ0n) is 11.0. The van der Waals surface area contributed by atoms with Crippen LogP contribution in [0.5, 0.6) is 5.75 Å². The van der Waals surface area contributed by atoms with E-state index < -0.39 is 0 Å². The summed E-state index contributed by atoms with van der Waals surface area (Å²) in [6, 6.07) is 7.92. The summed E-state index contributed by atoms with van der Waals surface area (Å²) in [5.41, 5.74) is 6.34. The molecule has 2 fully saturated rings. The van der Waals surface area contributed by atoms with Gasteiger partial charge in [-0.1, -0.05) is 22.0 Å². The smallest absolute Gasteiger partial charge is 0.120 e. The lowest BCUT2D eigenvalue weighted by atomic mass is 9.86. The molecule has 1 aromatic rings. The first-order valence-electron chi connectivity index (χ1n) is 6.96. The lowest BCUT2D eigenvalue weighted by Crippen LogP contribution is -2.49. The highest BCUT2D eigenvalue weighted by molar-refractivity contribution is 9.10. The first-order chi connectivity index (χ1) is 9.17. The van der Waals surface area contributed by atoms with Crippen LogP contribution >= 0.6 is 15.9 Å². The lowest BCUT2D eigenvalue weighted by molar-refractivity contribution is 0.0558. The number of nitrogens with two attached hydrogens (primary N) is 1. The van der Waals surface area contributed by atoms with Crippen LogP contribution in [0.1, 0.15) is 25.7 Å². The normalized spacial score (nSPS) is 30.5. The molecule has 19 heavy (non-hydrogen) atoms. The molecular weight excluding hydrogens is 306 g/mol. The fourth-order valence-corrected chi connectivity index (χ4v) is 3.25. The second-order valence-corrected chi connectivity index (χ2v) is 6.58. The highest BCUT2D eigenvalue weighted by Crippen LogP contribution is 2.43. The molecule has 0 spiro atoms. The number of ether oxygens (including phenoxy) is 2. The highest BCUT2D eigenvalue weighted by Gasteiger charge is 2.48. The van der Waals surface area contributed by atoms with Crippen molar-refractivity contribution >= 4 is 15.9 Å². The Morgan fingerprint density at radius 1 is 1.42 bits per heavy atom. The van der Waals surface area contributed by atoms with Crippen molar-refractivity contribution in [3.8, 4) is 5.75 Å². The monoisotopic (exact) mass is 325 g/mol. The van der Waals surface area contributed by atoms with Gasteiger partial charge in [-0.2, -0.15) is 0 Å². The van der Waals surface area contributed by atoms with E-state index in [9.17, 15) is 0 Å². The molecule has 1 heterocycles. The van der Waals surface area contributed by atoms with Crippen molar-refractivity contribution in [2.45, 2.75) is 37.3 Å². The maximum atomic E-state index is 6.52. The summed E-state index contributed by atoms with van der Waals surface area (Å²) in [6.45, 7) is 1.45. The summed E-state index contributed by atoms with van der Waals surface area (Å²) < 4.78 is 12.7. The Bertz CT molecular complexity index is 450. The molecule has 1 aliphatic carbocycles. The van der Waals surface area contributed by atoms with Gasteiger partial charge < -0.3 is 15.2 Å². The van der Waals surface area contributed by atoms with Crippen molar-refractivity contribution in [2.75, 3.05) is 13.2 Å². The average molecular weight is 326 g/mol. The predicted octanol–water partition coefficient (Wildman–Crippen LogP) is 3.11. The molecule has 2 atom stereocenters. The molecular formula is C15H20BrNO2. The summed E-state index contributed by atoms with van der Waals surface area (Å²) in [7, 11) is 0. The summed E-state index contributed by atoms with van der Waals surface area (Å²) in [5.74, 6) is 1.58. The van der Waals surface area contributed by atoms with Crippen molar-refractivity contribution < 1.29 is 9.47 Å². The van der Waals surface area contributed by atoms with Gasteiger partial charge in [0.05, 0.1) is 12.7 Å². The van der Waals surface area contributed by atoms with Gasteiger partial charge >= 0.3 is 0 Å². The van der Waals surface area contributed by atoms with Crippen molar-refractivity contribution in [3.05, 3.63) is 28.7 Å². The van der Waals surface area contributed by atoms with E-state index in [1.165, 1.54) is 12.8 Å². The van der Waals surface area contributed by atoms with Gasteiger partial charge in [-0.25, -0.2) is 0 Å². The molecule has 0 bridgehead atoms. The van der Waals surface area contributed by atoms with Gasteiger partial charge in [0.25, 0.3) is 0 Å². The predicted molar refractivity (Wildman–Crippen MR) is 78.3 cm³/mol. The fourth-order valence-electron chi connectivity index (χ4n) is 2.87. The third-order valence-corrected chi connectivity index (χ3v) is 4.61. The Kier molecular flexibility index (Phi) is 3.83. The van der Waals surface area contributed by atoms with E-state index in [0.717, 1.165) is 29.7 Å². The molecule has 0 aromatic heterocycles. The van der Waals surface area contributed by atoms with Crippen LogP contribution < -0.4 is 10.5 Å². The largest absolute Gasteiger partial charge is 0.493 e. The average Bonchev–Trinajstić information content (AvgIpc) is 3.13. The van der Waals surface area contributed by atoms with Crippen LogP contribution in [0.2, 0.25) is 0 Å². The molecule has 2 unspecified atom stereocenters. The summed E-state index contributed by atoms with van der Waals surface area (Å²) >= 11 is 3.44. The molecule has 0 amide bonds. The molecule has 3 rings (SSSR count). The molecule has 2 N–H and O–H groups in total. The number of halogens is 1. The van der Waals surface area contributed by atoms with Gasteiger partial charge in [0.2, 0.25) is 0 Å². The van der Waals surface area contributed by atoms with E-state index in [4.69, 9.17) is 15.2 Å². The van der Waals surface area contributed by atoms with E-state index >= 15 is 0 Å². The third-order valence-electron chi connectivity index (χ3n) is 4.11. The topological polar surface area (TPSA) is 44.5 Å². The van der Waals surface area contributed by atoms with Crippen LogP contribution in [-0.4, -0.2) is 24.9 Å². The molecule has 1 aliphatic heterocycles. The van der Waals surface area contributed by atoms with Gasteiger partial charge in [-0.15, -0.1) is 0 Å². The highest BCUT2D eigenvalue weighted by atomic mass is 79.9. The second kappa shape index (κ2) is 5.43. The minimum Gasteiger partial charge on any atom is -0.493 e. The molecule has 1 aromatic carbocycles. The maximum Gasteiger partial charge on any atom is 0.120 e. The number of benzene rings is 1. The van der Waals surface area contributed by atoms with E-state index in [-0.39, 0.29) is 11.6 Å².